The van der Waals surface area contributed by atoms with Gasteiger partial charge >= 0.3 is 6.18 Å². The summed E-state index contributed by atoms with van der Waals surface area (Å²) in [7, 11) is 0. The van der Waals surface area contributed by atoms with Crippen LogP contribution in [0.4, 0.5) is 13.2 Å². The molecule has 1 rings (SSSR count). The van der Waals surface area contributed by atoms with Crippen LogP contribution >= 0.6 is 34.2 Å². The Hall–Kier alpha value is 0.0300. The molecule has 0 aromatic heterocycles. The van der Waals surface area contributed by atoms with Gasteiger partial charge in [-0.25, -0.2) is 0 Å². The van der Waals surface area contributed by atoms with Gasteiger partial charge in [0.2, 0.25) is 0 Å². The molecule has 0 bridgehead atoms. The first-order valence-electron chi connectivity index (χ1n) is 3.39. The maximum Gasteiger partial charge on any atom is 0.393 e. The second kappa shape index (κ2) is 4.04. The third-order valence-corrected chi connectivity index (χ3v) is 2.43. The molecule has 0 spiro atoms. The normalized spacial score (nSPS) is 11.8. The zero-order valence-electron chi connectivity index (χ0n) is 6.33. The van der Waals surface area contributed by atoms with E-state index in [-0.39, 0.29) is 10.6 Å². The van der Waals surface area contributed by atoms with Crippen molar-refractivity contribution in [3.8, 4) is 0 Å². The number of hydrogen-bond donors (Lipinski definition) is 0. The van der Waals surface area contributed by atoms with Crippen molar-refractivity contribution in [2.75, 3.05) is 0 Å². The molecular formula is C8H5ClF3I. The molecule has 13 heavy (non-hydrogen) atoms. The Balaban J connectivity index is 2.90. The lowest BCUT2D eigenvalue weighted by molar-refractivity contribution is -0.127. The summed E-state index contributed by atoms with van der Waals surface area (Å²) in [6, 6.07) is 4.52. The molecule has 1 aromatic rings. The van der Waals surface area contributed by atoms with Crippen LogP contribution < -0.4 is 0 Å². The molecule has 0 unspecified atom stereocenters. The van der Waals surface area contributed by atoms with Crippen molar-refractivity contribution in [3.63, 3.8) is 0 Å². The summed E-state index contributed by atoms with van der Waals surface area (Å²) in [5, 5.41) is 0.171. The molecule has 0 aliphatic carbocycles. The van der Waals surface area contributed by atoms with Crippen LogP contribution in [-0.4, -0.2) is 6.18 Å². The highest BCUT2D eigenvalue weighted by atomic mass is 127. The van der Waals surface area contributed by atoms with Gasteiger partial charge < -0.3 is 0 Å². The standard InChI is InChI=1S/C8H5ClF3I/c9-7-3-6(13)2-1-5(7)4-8(10,11)12/h1-3H,4H2. The molecule has 1 aromatic carbocycles. The van der Waals surface area contributed by atoms with Crippen LogP contribution in [0, 0.1) is 3.57 Å². The molecule has 0 N–H and O–H groups in total. The molecule has 0 fully saturated rings. The van der Waals surface area contributed by atoms with Gasteiger partial charge in [-0.2, -0.15) is 13.2 Å². The predicted molar refractivity (Wildman–Crippen MR) is 53.9 cm³/mol. The summed E-state index contributed by atoms with van der Waals surface area (Å²) in [4.78, 5) is 0. The molecular weight excluding hydrogens is 315 g/mol. The summed E-state index contributed by atoms with van der Waals surface area (Å²) < 4.78 is 36.7. The zero-order chi connectivity index (χ0) is 10.1. The second-order valence-corrected chi connectivity index (χ2v) is 4.18. The van der Waals surface area contributed by atoms with Gasteiger partial charge in [-0.3, -0.25) is 0 Å². The predicted octanol–water partition coefficient (Wildman–Crippen LogP) is 4.05. The summed E-state index contributed by atoms with van der Waals surface area (Å²) in [5.41, 5.74) is 0.120. The minimum Gasteiger partial charge on any atom is -0.171 e. The van der Waals surface area contributed by atoms with Crippen molar-refractivity contribution in [2.24, 2.45) is 0 Å². The van der Waals surface area contributed by atoms with Gasteiger partial charge in [-0.05, 0) is 40.3 Å². The van der Waals surface area contributed by atoms with Crippen LogP contribution in [0.15, 0.2) is 18.2 Å². The lowest BCUT2D eigenvalue weighted by atomic mass is 10.1. The topological polar surface area (TPSA) is 0 Å². The Kier molecular flexibility index (Phi) is 3.45. The molecule has 5 heteroatoms. The van der Waals surface area contributed by atoms with E-state index in [1.54, 1.807) is 6.07 Å². The lowest BCUT2D eigenvalue weighted by Crippen LogP contribution is -2.11. The summed E-state index contributed by atoms with van der Waals surface area (Å²) in [6.07, 6.45) is -5.17. The van der Waals surface area contributed by atoms with Gasteiger partial charge in [0.1, 0.15) is 0 Å². The second-order valence-electron chi connectivity index (χ2n) is 2.53. The average Bonchev–Trinajstić information content (AvgIpc) is 1.93. The van der Waals surface area contributed by atoms with Crippen molar-refractivity contribution >= 4 is 34.2 Å². The van der Waals surface area contributed by atoms with E-state index in [4.69, 9.17) is 11.6 Å². The number of hydrogen-bond acceptors (Lipinski definition) is 0. The molecule has 0 aliphatic rings. The van der Waals surface area contributed by atoms with Crippen LogP contribution in [0.3, 0.4) is 0 Å². The number of alkyl halides is 3. The van der Waals surface area contributed by atoms with E-state index in [2.05, 4.69) is 0 Å². The van der Waals surface area contributed by atoms with Gasteiger partial charge in [0.25, 0.3) is 0 Å². The third-order valence-electron chi connectivity index (χ3n) is 1.41. The molecule has 72 valence electrons. The van der Waals surface area contributed by atoms with E-state index in [0.29, 0.717) is 0 Å². The smallest absolute Gasteiger partial charge is 0.171 e. The minimum atomic E-state index is -4.20. The largest absolute Gasteiger partial charge is 0.393 e. The number of benzene rings is 1. The molecule has 0 saturated heterocycles. The first-order valence-corrected chi connectivity index (χ1v) is 4.85. The molecule has 0 saturated carbocycles. The van der Waals surface area contributed by atoms with Gasteiger partial charge in [0, 0.05) is 8.59 Å². The fraction of sp³-hybridized carbons (Fsp3) is 0.250. The fourth-order valence-electron chi connectivity index (χ4n) is 0.881. The maximum atomic E-state index is 12.0. The Morgan fingerprint density at radius 2 is 1.92 bits per heavy atom. The van der Waals surface area contributed by atoms with E-state index in [1.807, 2.05) is 22.6 Å². The number of halogens is 5. The fourth-order valence-corrected chi connectivity index (χ4v) is 1.80. The molecule has 0 aliphatic heterocycles. The molecule has 0 nitrogen and oxygen atoms in total. The Labute approximate surface area is 92.2 Å². The van der Waals surface area contributed by atoms with Crippen LogP contribution in [0.1, 0.15) is 5.56 Å². The minimum absolute atomic E-state index is 0.120. The van der Waals surface area contributed by atoms with E-state index in [0.717, 1.165) is 3.57 Å². The van der Waals surface area contributed by atoms with Crippen LogP contribution in [0.2, 0.25) is 5.02 Å². The Bertz CT molecular complexity index is 309. The highest BCUT2D eigenvalue weighted by Crippen LogP contribution is 2.27. The maximum absolute atomic E-state index is 12.0. The zero-order valence-corrected chi connectivity index (χ0v) is 9.24. The summed E-state index contributed by atoms with van der Waals surface area (Å²) in [5.74, 6) is 0. The van der Waals surface area contributed by atoms with Crippen molar-refractivity contribution < 1.29 is 13.2 Å². The Morgan fingerprint density at radius 1 is 1.31 bits per heavy atom. The van der Waals surface area contributed by atoms with Gasteiger partial charge in [0.05, 0.1) is 6.42 Å². The van der Waals surface area contributed by atoms with Crippen molar-refractivity contribution in [2.45, 2.75) is 12.6 Å². The molecule has 0 atom stereocenters. The highest BCUT2D eigenvalue weighted by Gasteiger charge is 2.28. The monoisotopic (exact) mass is 320 g/mol. The van der Waals surface area contributed by atoms with Crippen LogP contribution in [0.25, 0.3) is 0 Å². The van der Waals surface area contributed by atoms with E-state index in [1.165, 1.54) is 12.1 Å². The highest BCUT2D eigenvalue weighted by molar-refractivity contribution is 14.1. The first kappa shape index (κ1) is 11.1. The quantitative estimate of drug-likeness (QED) is 0.685. The molecule has 0 amide bonds. The average molecular weight is 320 g/mol. The lowest BCUT2D eigenvalue weighted by Gasteiger charge is -2.07. The Morgan fingerprint density at radius 3 is 2.38 bits per heavy atom. The first-order chi connectivity index (χ1) is 5.88. The SMILES string of the molecule is FC(F)(F)Cc1ccc(I)cc1Cl. The molecule has 0 heterocycles. The van der Waals surface area contributed by atoms with E-state index >= 15 is 0 Å². The van der Waals surface area contributed by atoms with Crippen molar-refractivity contribution in [1.29, 1.82) is 0 Å². The van der Waals surface area contributed by atoms with E-state index in [9.17, 15) is 13.2 Å². The summed E-state index contributed by atoms with van der Waals surface area (Å²) in [6.45, 7) is 0. The van der Waals surface area contributed by atoms with Crippen LogP contribution in [-0.2, 0) is 6.42 Å². The summed E-state index contributed by atoms with van der Waals surface area (Å²) >= 11 is 7.62. The third kappa shape index (κ3) is 3.72. The van der Waals surface area contributed by atoms with Crippen molar-refractivity contribution in [3.05, 3.63) is 32.4 Å². The van der Waals surface area contributed by atoms with Gasteiger partial charge in [0.15, 0.2) is 0 Å². The van der Waals surface area contributed by atoms with Gasteiger partial charge in [-0.1, -0.05) is 17.7 Å². The molecule has 0 radical (unpaired) electrons. The van der Waals surface area contributed by atoms with Crippen molar-refractivity contribution in [1.82, 2.24) is 0 Å². The van der Waals surface area contributed by atoms with Crippen LogP contribution in [0.5, 0.6) is 0 Å². The number of rotatable bonds is 1. The van der Waals surface area contributed by atoms with E-state index < -0.39 is 12.6 Å². The van der Waals surface area contributed by atoms with Gasteiger partial charge in [-0.15, -0.1) is 0 Å².